The lowest BCUT2D eigenvalue weighted by Gasteiger charge is -2.18. The summed E-state index contributed by atoms with van der Waals surface area (Å²) in [7, 11) is 1.64. The normalized spacial score (nSPS) is 13.0. The van der Waals surface area contributed by atoms with Crippen LogP contribution in [0.3, 0.4) is 0 Å². The number of amides is 1. The van der Waals surface area contributed by atoms with Crippen molar-refractivity contribution in [3.05, 3.63) is 72.3 Å². The van der Waals surface area contributed by atoms with Crippen molar-refractivity contribution in [1.82, 2.24) is 9.97 Å². The number of anilines is 1. The van der Waals surface area contributed by atoms with Gasteiger partial charge in [0, 0.05) is 29.7 Å². The fourth-order valence-corrected chi connectivity index (χ4v) is 3.04. The van der Waals surface area contributed by atoms with Gasteiger partial charge in [-0.3, -0.25) is 14.8 Å². The van der Waals surface area contributed by atoms with E-state index in [2.05, 4.69) is 9.97 Å². The summed E-state index contributed by atoms with van der Waals surface area (Å²) in [4.78, 5) is 22.9. The van der Waals surface area contributed by atoms with Crippen LogP contribution in [0.5, 0.6) is 5.75 Å². The zero-order valence-corrected chi connectivity index (χ0v) is 13.8. The number of methoxy groups -OCH3 is 1. The summed E-state index contributed by atoms with van der Waals surface area (Å²) in [6, 6.07) is 13.7. The lowest BCUT2D eigenvalue weighted by molar-refractivity contribution is -0.117. The van der Waals surface area contributed by atoms with Crippen molar-refractivity contribution in [2.24, 2.45) is 0 Å². The van der Waals surface area contributed by atoms with Crippen LogP contribution in [0.1, 0.15) is 11.3 Å². The molecule has 1 aromatic carbocycles. The zero-order valence-electron chi connectivity index (χ0n) is 13.8. The van der Waals surface area contributed by atoms with Crippen molar-refractivity contribution in [2.45, 2.75) is 13.0 Å². The van der Waals surface area contributed by atoms with Gasteiger partial charge >= 0.3 is 0 Å². The molecule has 5 nitrogen and oxygen atoms in total. The topological polar surface area (TPSA) is 55.3 Å². The molecule has 0 saturated carbocycles. The van der Waals surface area contributed by atoms with Crippen molar-refractivity contribution in [2.75, 3.05) is 12.0 Å². The molecule has 0 N–H and O–H groups in total. The molecule has 3 heterocycles. The van der Waals surface area contributed by atoms with Crippen LogP contribution in [0.15, 0.2) is 61.1 Å². The summed E-state index contributed by atoms with van der Waals surface area (Å²) in [6.07, 6.45) is 5.68. The molecule has 5 heteroatoms. The van der Waals surface area contributed by atoms with Gasteiger partial charge in [-0.2, -0.15) is 0 Å². The maximum atomic E-state index is 12.5. The highest BCUT2D eigenvalue weighted by atomic mass is 16.5. The molecule has 1 aliphatic heterocycles. The fourth-order valence-electron chi connectivity index (χ4n) is 3.04. The molecule has 1 amide bonds. The number of hydrogen-bond acceptors (Lipinski definition) is 4. The Hall–Kier alpha value is -3.21. The van der Waals surface area contributed by atoms with E-state index in [0.29, 0.717) is 13.0 Å². The van der Waals surface area contributed by atoms with Gasteiger partial charge in [-0.15, -0.1) is 0 Å². The van der Waals surface area contributed by atoms with Crippen molar-refractivity contribution >= 4 is 11.6 Å². The van der Waals surface area contributed by atoms with Crippen LogP contribution < -0.4 is 9.64 Å². The molecule has 0 bridgehead atoms. The first-order valence-corrected chi connectivity index (χ1v) is 8.07. The molecule has 124 valence electrons. The van der Waals surface area contributed by atoms with Crippen molar-refractivity contribution < 1.29 is 9.53 Å². The van der Waals surface area contributed by atoms with Crippen LogP contribution in [0.4, 0.5) is 5.69 Å². The molecule has 0 fully saturated rings. The van der Waals surface area contributed by atoms with Crippen LogP contribution in [0.25, 0.3) is 11.1 Å². The Labute approximate surface area is 145 Å². The minimum Gasteiger partial charge on any atom is -0.497 e. The largest absolute Gasteiger partial charge is 0.497 e. The SMILES string of the molecule is COc1cccc(CN2C(=O)Cc3ncc(-c4cccnc4)cc32)c1. The van der Waals surface area contributed by atoms with Gasteiger partial charge in [0.05, 0.1) is 31.5 Å². The first kappa shape index (κ1) is 15.3. The maximum Gasteiger partial charge on any atom is 0.233 e. The molecule has 4 rings (SSSR count). The third-order valence-corrected chi connectivity index (χ3v) is 4.33. The number of hydrogen-bond donors (Lipinski definition) is 0. The highest BCUT2D eigenvalue weighted by Gasteiger charge is 2.29. The molecule has 0 unspecified atom stereocenters. The molecule has 0 saturated heterocycles. The van der Waals surface area contributed by atoms with Crippen LogP contribution in [-0.4, -0.2) is 23.0 Å². The van der Waals surface area contributed by atoms with E-state index in [9.17, 15) is 4.79 Å². The fraction of sp³-hybridized carbons (Fsp3) is 0.150. The van der Waals surface area contributed by atoms with Gasteiger partial charge < -0.3 is 9.64 Å². The Bertz CT molecular complexity index is 925. The van der Waals surface area contributed by atoms with E-state index in [1.165, 1.54) is 0 Å². The molecule has 1 aliphatic rings. The van der Waals surface area contributed by atoms with Crippen LogP contribution in [0.2, 0.25) is 0 Å². The van der Waals surface area contributed by atoms with E-state index in [1.807, 2.05) is 42.5 Å². The number of fused-ring (bicyclic) bond motifs is 1. The summed E-state index contributed by atoms with van der Waals surface area (Å²) in [6.45, 7) is 0.501. The van der Waals surface area contributed by atoms with E-state index in [4.69, 9.17) is 4.74 Å². The van der Waals surface area contributed by atoms with Gasteiger partial charge in [0.25, 0.3) is 0 Å². The second-order valence-electron chi connectivity index (χ2n) is 5.94. The van der Waals surface area contributed by atoms with Crippen molar-refractivity contribution in [1.29, 1.82) is 0 Å². The molecule has 25 heavy (non-hydrogen) atoms. The number of carbonyl (C=O) groups excluding carboxylic acids is 1. The van der Waals surface area contributed by atoms with E-state index in [0.717, 1.165) is 33.8 Å². The summed E-state index contributed by atoms with van der Waals surface area (Å²) in [5, 5.41) is 0. The Balaban J connectivity index is 1.68. The molecular formula is C20H17N3O2. The molecule has 2 aromatic heterocycles. The third kappa shape index (κ3) is 2.96. The lowest BCUT2D eigenvalue weighted by atomic mass is 10.1. The van der Waals surface area contributed by atoms with Crippen molar-refractivity contribution in [3.8, 4) is 16.9 Å². The quantitative estimate of drug-likeness (QED) is 0.736. The summed E-state index contributed by atoms with van der Waals surface area (Å²) >= 11 is 0. The minimum absolute atomic E-state index is 0.0636. The predicted octanol–water partition coefficient (Wildman–Crippen LogP) is 3.24. The summed E-state index contributed by atoms with van der Waals surface area (Å²) < 4.78 is 5.27. The lowest BCUT2D eigenvalue weighted by Crippen LogP contribution is -2.26. The average Bonchev–Trinajstić information content (AvgIpc) is 2.97. The third-order valence-electron chi connectivity index (χ3n) is 4.33. The predicted molar refractivity (Wildman–Crippen MR) is 95.4 cm³/mol. The Kier molecular flexibility index (Phi) is 3.90. The number of aromatic nitrogens is 2. The van der Waals surface area contributed by atoms with E-state index in [-0.39, 0.29) is 5.91 Å². The average molecular weight is 331 g/mol. The summed E-state index contributed by atoms with van der Waals surface area (Å²) in [5.41, 5.74) is 4.65. The summed E-state index contributed by atoms with van der Waals surface area (Å²) in [5.74, 6) is 0.847. The first-order valence-electron chi connectivity index (χ1n) is 8.07. The van der Waals surface area contributed by atoms with Crippen molar-refractivity contribution in [3.63, 3.8) is 0 Å². The number of carbonyl (C=O) groups is 1. The van der Waals surface area contributed by atoms with E-state index < -0.39 is 0 Å². The van der Waals surface area contributed by atoms with Gasteiger partial charge in [-0.25, -0.2) is 0 Å². The molecular weight excluding hydrogens is 314 g/mol. The van der Waals surface area contributed by atoms with Crippen LogP contribution in [-0.2, 0) is 17.8 Å². The highest BCUT2D eigenvalue weighted by molar-refractivity contribution is 6.01. The number of rotatable bonds is 4. The van der Waals surface area contributed by atoms with Gasteiger partial charge in [0.15, 0.2) is 0 Å². The van der Waals surface area contributed by atoms with E-state index in [1.54, 1.807) is 30.6 Å². The van der Waals surface area contributed by atoms with Gasteiger partial charge in [-0.1, -0.05) is 18.2 Å². The molecule has 0 radical (unpaired) electrons. The molecule has 0 atom stereocenters. The Morgan fingerprint density at radius 1 is 1.12 bits per heavy atom. The number of nitrogens with zero attached hydrogens (tertiary/aromatic N) is 3. The molecule has 0 aliphatic carbocycles. The second-order valence-corrected chi connectivity index (χ2v) is 5.94. The maximum absolute atomic E-state index is 12.5. The minimum atomic E-state index is 0.0636. The first-order chi connectivity index (χ1) is 12.2. The standard InChI is InChI=1S/C20H17N3O2/c1-25-17-6-2-4-14(8-17)13-23-19-9-16(15-5-3-7-21-11-15)12-22-18(19)10-20(23)24/h2-9,11-12H,10,13H2,1H3. The Morgan fingerprint density at radius 2 is 2.04 bits per heavy atom. The molecule has 3 aromatic rings. The van der Waals surface area contributed by atoms with E-state index >= 15 is 0 Å². The highest BCUT2D eigenvalue weighted by Crippen LogP contribution is 2.32. The van der Waals surface area contributed by atoms with Crippen LogP contribution >= 0.6 is 0 Å². The van der Waals surface area contributed by atoms with Gasteiger partial charge in [0.1, 0.15) is 5.75 Å². The molecule has 0 spiro atoms. The smallest absolute Gasteiger partial charge is 0.233 e. The van der Waals surface area contributed by atoms with Crippen LogP contribution in [0, 0.1) is 0 Å². The van der Waals surface area contributed by atoms with Gasteiger partial charge in [0.2, 0.25) is 5.91 Å². The number of pyridine rings is 2. The van der Waals surface area contributed by atoms with Gasteiger partial charge in [-0.05, 0) is 29.8 Å². The zero-order chi connectivity index (χ0) is 17.2. The number of benzene rings is 1. The monoisotopic (exact) mass is 331 g/mol. The number of ether oxygens (including phenoxy) is 1. The second kappa shape index (κ2) is 6.36. The Morgan fingerprint density at radius 3 is 2.84 bits per heavy atom.